The molecule has 1 unspecified atom stereocenters. The molecule has 0 rings (SSSR count). The first-order chi connectivity index (χ1) is 24.6. The number of ether oxygens (including phenoxy) is 1. The summed E-state index contributed by atoms with van der Waals surface area (Å²) in [6.45, 7) is 4.45. The van der Waals surface area contributed by atoms with Gasteiger partial charge >= 0.3 is 11.9 Å². The van der Waals surface area contributed by atoms with E-state index in [4.69, 9.17) is 9.84 Å². The van der Waals surface area contributed by atoms with E-state index < -0.39 is 5.97 Å². The quantitative estimate of drug-likeness (QED) is 0.0393. The van der Waals surface area contributed by atoms with Gasteiger partial charge in [-0.2, -0.15) is 0 Å². The lowest BCUT2D eigenvalue weighted by Gasteiger charge is -2.18. The van der Waals surface area contributed by atoms with Crippen molar-refractivity contribution in [1.82, 2.24) is 0 Å². The van der Waals surface area contributed by atoms with E-state index >= 15 is 0 Å². The van der Waals surface area contributed by atoms with Crippen LogP contribution in [0.4, 0.5) is 0 Å². The zero-order chi connectivity index (χ0) is 36.4. The van der Waals surface area contributed by atoms with Crippen molar-refractivity contribution < 1.29 is 19.4 Å². The minimum atomic E-state index is -0.722. The summed E-state index contributed by atoms with van der Waals surface area (Å²) in [6, 6.07) is 0. The highest BCUT2D eigenvalue weighted by atomic mass is 16.5. The SMILES string of the molecule is CC/C=C\C/C=C\C/C=C\CCCCCCCCCCCC(=O)OC(CCCCCCCCCCCCCCCCC)CCCCCC(=O)O. The zero-order valence-electron chi connectivity index (χ0n) is 33.5. The number of carboxylic acids is 1. The summed E-state index contributed by atoms with van der Waals surface area (Å²) in [5.41, 5.74) is 0. The Hall–Kier alpha value is -1.84. The second-order valence-corrected chi connectivity index (χ2v) is 14.9. The van der Waals surface area contributed by atoms with Gasteiger partial charge in [0.15, 0.2) is 0 Å². The number of hydrogen-bond acceptors (Lipinski definition) is 3. The van der Waals surface area contributed by atoms with Gasteiger partial charge in [-0.15, -0.1) is 0 Å². The van der Waals surface area contributed by atoms with Gasteiger partial charge in [-0.25, -0.2) is 0 Å². The first-order valence-corrected chi connectivity index (χ1v) is 22.0. The molecule has 292 valence electrons. The average Bonchev–Trinajstić information content (AvgIpc) is 3.10. The summed E-state index contributed by atoms with van der Waals surface area (Å²) < 4.78 is 5.97. The van der Waals surface area contributed by atoms with Gasteiger partial charge in [0.25, 0.3) is 0 Å². The van der Waals surface area contributed by atoms with Crippen LogP contribution in [0.5, 0.6) is 0 Å². The largest absolute Gasteiger partial charge is 0.481 e. The lowest BCUT2D eigenvalue weighted by Crippen LogP contribution is -2.18. The van der Waals surface area contributed by atoms with Crippen LogP contribution in [0.2, 0.25) is 0 Å². The predicted molar refractivity (Wildman–Crippen MR) is 218 cm³/mol. The molecule has 0 aromatic carbocycles. The molecule has 0 bridgehead atoms. The Morgan fingerprint density at radius 1 is 0.460 bits per heavy atom. The fourth-order valence-corrected chi connectivity index (χ4v) is 6.67. The van der Waals surface area contributed by atoms with Gasteiger partial charge in [-0.3, -0.25) is 9.59 Å². The lowest BCUT2D eigenvalue weighted by molar-refractivity contribution is -0.150. The molecule has 4 nitrogen and oxygen atoms in total. The van der Waals surface area contributed by atoms with E-state index in [9.17, 15) is 9.59 Å². The molecule has 0 radical (unpaired) electrons. The van der Waals surface area contributed by atoms with Gasteiger partial charge in [0.1, 0.15) is 6.10 Å². The number of carbonyl (C=O) groups is 2. The molecule has 0 spiro atoms. The number of rotatable bonds is 40. The maximum absolute atomic E-state index is 12.7. The van der Waals surface area contributed by atoms with E-state index in [2.05, 4.69) is 50.3 Å². The van der Waals surface area contributed by atoms with Crippen molar-refractivity contribution >= 4 is 11.9 Å². The molecule has 0 fully saturated rings. The van der Waals surface area contributed by atoms with Gasteiger partial charge in [-0.05, 0) is 70.6 Å². The highest BCUT2D eigenvalue weighted by molar-refractivity contribution is 5.69. The lowest BCUT2D eigenvalue weighted by atomic mass is 10.0. The van der Waals surface area contributed by atoms with Gasteiger partial charge in [-0.1, -0.05) is 192 Å². The Balaban J connectivity index is 3.89. The van der Waals surface area contributed by atoms with Crippen LogP contribution in [-0.2, 0) is 14.3 Å². The number of hydrogen-bond donors (Lipinski definition) is 1. The number of allylic oxidation sites excluding steroid dienone is 6. The fraction of sp³-hybridized carbons (Fsp3) is 0.826. The van der Waals surface area contributed by atoms with Crippen molar-refractivity contribution in [2.45, 2.75) is 245 Å². The Kier molecular flexibility index (Phi) is 40.0. The molecule has 0 aliphatic rings. The Labute approximate surface area is 311 Å². The summed E-state index contributed by atoms with van der Waals surface area (Å²) in [5.74, 6) is -0.754. The Morgan fingerprint density at radius 3 is 1.32 bits per heavy atom. The van der Waals surface area contributed by atoms with Gasteiger partial charge in [0.2, 0.25) is 0 Å². The number of carboxylic acid groups (broad SMARTS) is 1. The smallest absolute Gasteiger partial charge is 0.306 e. The van der Waals surface area contributed by atoms with E-state index in [1.165, 1.54) is 141 Å². The average molecular weight is 701 g/mol. The second-order valence-electron chi connectivity index (χ2n) is 14.9. The van der Waals surface area contributed by atoms with Crippen LogP contribution in [0, 0.1) is 0 Å². The van der Waals surface area contributed by atoms with E-state index in [0.717, 1.165) is 64.2 Å². The van der Waals surface area contributed by atoms with Crippen molar-refractivity contribution in [3.05, 3.63) is 36.5 Å². The van der Waals surface area contributed by atoms with Crippen molar-refractivity contribution in [3.8, 4) is 0 Å². The first-order valence-electron chi connectivity index (χ1n) is 22.0. The Morgan fingerprint density at radius 2 is 0.840 bits per heavy atom. The third-order valence-corrected chi connectivity index (χ3v) is 9.88. The third-order valence-electron chi connectivity index (χ3n) is 9.88. The van der Waals surface area contributed by atoms with E-state index in [1.807, 2.05) is 0 Å². The van der Waals surface area contributed by atoms with Gasteiger partial charge < -0.3 is 9.84 Å². The number of esters is 1. The van der Waals surface area contributed by atoms with Crippen molar-refractivity contribution in [1.29, 1.82) is 0 Å². The molecular formula is C46H84O4. The second kappa shape index (κ2) is 41.6. The number of unbranched alkanes of at least 4 members (excludes halogenated alkanes) is 25. The molecule has 4 heteroatoms. The predicted octanol–water partition coefficient (Wildman–Crippen LogP) is 15.3. The molecule has 1 N–H and O–H groups in total. The Bertz CT molecular complexity index is 798. The minimum Gasteiger partial charge on any atom is -0.481 e. The molecule has 0 aromatic heterocycles. The maximum Gasteiger partial charge on any atom is 0.306 e. The molecule has 0 saturated carbocycles. The van der Waals surface area contributed by atoms with Crippen molar-refractivity contribution in [3.63, 3.8) is 0 Å². The van der Waals surface area contributed by atoms with E-state index in [0.29, 0.717) is 12.8 Å². The maximum atomic E-state index is 12.7. The molecule has 0 aliphatic heterocycles. The topological polar surface area (TPSA) is 63.6 Å². The molecule has 0 aromatic rings. The zero-order valence-corrected chi connectivity index (χ0v) is 33.5. The van der Waals surface area contributed by atoms with E-state index in [-0.39, 0.29) is 18.5 Å². The van der Waals surface area contributed by atoms with Crippen LogP contribution in [0.15, 0.2) is 36.5 Å². The standard InChI is InChI=1S/C46H84O4/c1-3-5-7-9-11-13-15-17-19-20-21-22-24-26-28-30-32-34-39-43-46(49)50-44(41-37-35-38-42-45(47)48)40-36-33-31-29-27-25-23-18-16-14-12-10-8-6-4-2/h5,7,11,13,17,19,44H,3-4,6,8-10,12,14-16,18,20-43H2,1-2H3,(H,47,48)/b7-5-,13-11-,19-17-. The van der Waals surface area contributed by atoms with Crippen LogP contribution in [0.3, 0.4) is 0 Å². The van der Waals surface area contributed by atoms with Gasteiger partial charge in [0, 0.05) is 12.8 Å². The summed E-state index contributed by atoms with van der Waals surface area (Å²) in [6.07, 6.45) is 54.6. The summed E-state index contributed by atoms with van der Waals surface area (Å²) in [7, 11) is 0. The first kappa shape index (κ1) is 48.2. The molecule has 0 amide bonds. The number of aliphatic carboxylic acids is 1. The van der Waals surface area contributed by atoms with Gasteiger partial charge in [0.05, 0.1) is 0 Å². The molecule has 1 atom stereocenters. The van der Waals surface area contributed by atoms with Crippen molar-refractivity contribution in [2.24, 2.45) is 0 Å². The minimum absolute atomic E-state index is 0.000362. The van der Waals surface area contributed by atoms with Crippen LogP contribution in [0.1, 0.15) is 239 Å². The number of carbonyl (C=O) groups excluding carboxylic acids is 1. The molecule has 0 saturated heterocycles. The molecule has 50 heavy (non-hydrogen) atoms. The summed E-state index contributed by atoms with van der Waals surface area (Å²) in [4.78, 5) is 23.5. The molecule has 0 heterocycles. The van der Waals surface area contributed by atoms with Crippen LogP contribution >= 0.6 is 0 Å². The third kappa shape index (κ3) is 40.6. The highest BCUT2D eigenvalue weighted by Gasteiger charge is 2.14. The summed E-state index contributed by atoms with van der Waals surface area (Å²) >= 11 is 0. The van der Waals surface area contributed by atoms with Crippen LogP contribution in [-0.4, -0.2) is 23.1 Å². The monoisotopic (exact) mass is 701 g/mol. The normalized spacial score (nSPS) is 12.5. The summed E-state index contributed by atoms with van der Waals surface area (Å²) in [5, 5.41) is 8.92. The molecule has 0 aliphatic carbocycles. The van der Waals surface area contributed by atoms with Crippen molar-refractivity contribution in [2.75, 3.05) is 0 Å². The van der Waals surface area contributed by atoms with E-state index in [1.54, 1.807) is 0 Å². The fourth-order valence-electron chi connectivity index (χ4n) is 6.67. The molecular weight excluding hydrogens is 617 g/mol. The van der Waals surface area contributed by atoms with Crippen LogP contribution < -0.4 is 0 Å². The van der Waals surface area contributed by atoms with Crippen LogP contribution in [0.25, 0.3) is 0 Å². The highest BCUT2D eigenvalue weighted by Crippen LogP contribution is 2.19.